The second kappa shape index (κ2) is 5.79. The molecule has 0 aliphatic rings. The average Bonchev–Trinajstić information content (AvgIpc) is 2.78. The van der Waals surface area contributed by atoms with Crippen LogP contribution in [0.2, 0.25) is 0 Å². The van der Waals surface area contributed by atoms with Crippen LogP contribution in [-0.2, 0) is 0 Å². The summed E-state index contributed by atoms with van der Waals surface area (Å²) in [6.45, 7) is 0. The number of aromatic nitrogens is 1. The van der Waals surface area contributed by atoms with Crippen LogP contribution in [0, 0.1) is 0 Å². The van der Waals surface area contributed by atoms with E-state index in [9.17, 15) is 30.0 Å². The molecule has 23 heavy (non-hydrogen) atoms. The number of carboxylic acids is 2. The van der Waals surface area contributed by atoms with Crippen LogP contribution in [0.25, 0.3) is 5.69 Å². The predicted molar refractivity (Wildman–Crippen MR) is 76.1 cm³/mol. The average molecular weight is 323 g/mol. The minimum Gasteiger partial charge on any atom is -0.503 e. The van der Waals surface area contributed by atoms with E-state index in [0.717, 1.165) is 0 Å². The third kappa shape index (κ3) is 2.48. The zero-order valence-electron chi connectivity index (χ0n) is 12.1. The van der Waals surface area contributed by atoms with Gasteiger partial charge in [0.05, 0.1) is 19.9 Å². The first-order chi connectivity index (χ1) is 10.8. The van der Waals surface area contributed by atoms with Crippen LogP contribution in [0.15, 0.2) is 18.2 Å². The predicted octanol–water partition coefficient (Wildman–Crippen LogP) is 1.30. The van der Waals surface area contributed by atoms with Crippen molar-refractivity contribution in [2.24, 2.45) is 0 Å². The molecule has 9 nitrogen and oxygen atoms in total. The Labute approximate surface area is 129 Å². The Hall–Kier alpha value is -3.36. The van der Waals surface area contributed by atoms with Crippen molar-refractivity contribution >= 4 is 11.9 Å². The van der Waals surface area contributed by atoms with Crippen molar-refractivity contribution in [2.45, 2.75) is 0 Å². The monoisotopic (exact) mass is 323 g/mol. The van der Waals surface area contributed by atoms with Gasteiger partial charge in [0.2, 0.25) is 0 Å². The van der Waals surface area contributed by atoms with Gasteiger partial charge in [-0.15, -0.1) is 0 Å². The number of carbonyl (C=O) groups is 2. The van der Waals surface area contributed by atoms with Gasteiger partial charge in [0, 0.05) is 6.07 Å². The van der Waals surface area contributed by atoms with E-state index in [-0.39, 0.29) is 11.4 Å². The van der Waals surface area contributed by atoms with Gasteiger partial charge in [-0.3, -0.25) is 4.57 Å². The number of hydrogen-bond acceptors (Lipinski definition) is 6. The van der Waals surface area contributed by atoms with Gasteiger partial charge in [0.25, 0.3) is 0 Å². The Kier molecular flexibility index (Phi) is 4.04. The van der Waals surface area contributed by atoms with Crippen LogP contribution < -0.4 is 9.47 Å². The zero-order chi connectivity index (χ0) is 17.3. The summed E-state index contributed by atoms with van der Waals surface area (Å²) in [6, 6.07) is 4.11. The fraction of sp³-hybridized carbons (Fsp3) is 0.143. The number of nitrogens with zero attached hydrogens (tertiary/aromatic N) is 1. The van der Waals surface area contributed by atoms with Crippen LogP contribution >= 0.6 is 0 Å². The van der Waals surface area contributed by atoms with Crippen LogP contribution in [0.4, 0.5) is 0 Å². The Balaban J connectivity index is 2.84. The van der Waals surface area contributed by atoms with Gasteiger partial charge in [-0.2, -0.15) is 0 Å². The zero-order valence-corrected chi connectivity index (χ0v) is 12.1. The highest BCUT2D eigenvalue weighted by Gasteiger charge is 2.31. The van der Waals surface area contributed by atoms with E-state index in [0.29, 0.717) is 10.3 Å². The lowest BCUT2D eigenvalue weighted by molar-refractivity contribution is 0.0681. The largest absolute Gasteiger partial charge is 0.503 e. The molecular weight excluding hydrogens is 310 g/mol. The van der Waals surface area contributed by atoms with Crippen molar-refractivity contribution in [3.8, 4) is 28.7 Å². The molecule has 0 aliphatic carbocycles. The third-order valence-corrected chi connectivity index (χ3v) is 3.15. The summed E-state index contributed by atoms with van der Waals surface area (Å²) < 4.78 is 10.8. The van der Waals surface area contributed by atoms with Crippen molar-refractivity contribution < 1.29 is 39.5 Å². The van der Waals surface area contributed by atoms with E-state index < -0.39 is 34.8 Å². The van der Waals surface area contributed by atoms with Crippen molar-refractivity contribution in [3.63, 3.8) is 0 Å². The topological polar surface area (TPSA) is 138 Å². The van der Waals surface area contributed by atoms with E-state index in [1.165, 1.54) is 32.4 Å². The molecule has 0 unspecified atom stereocenters. The molecule has 0 radical (unpaired) electrons. The number of methoxy groups -OCH3 is 2. The lowest BCUT2D eigenvalue weighted by Gasteiger charge is -2.13. The molecule has 0 saturated carbocycles. The first-order valence-corrected chi connectivity index (χ1v) is 6.19. The van der Waals surface area contributed by atoms with Crippen molar-refractivity contribution in [1.29, 1.82) is 0 Å². The fourth-order valence-corrected chi connectivity index (χ4v) is 2.16. The quantitative estimate of drug-likeness (QED) is 0.646. The van der Waals surface area contributed by atoms with Crippen LogP contribution in [-0.4, -0.2) is 51.2 Å². The van der Waals surface area contributed by atoms with Crippen molar-refractivity contribution in [3.05, 3.63) is 29.6 Å². The fourth-order valence-electron chi connectivity index (χ4n) is 2.16. The second-order valence-corrected chi connectivity index (χ2v) is 4.38. The molecule has 4 N–H and O–H groups in total. The summed E-state index contributed by atoms with van der Waals surface area (Å²) in [7, 11) is 2.75. The molecule has 9 heteroatoms. The number of aromatic carboxylic acids is 2. The number of rotatable bonds is 5. The summed E-state index contributed by atoms with van der Waals surface area (Å²) in [6.07, 6.45) is 0. The maximum absolute atomic E-state index is 11.3. The third-order valence-electron chi connectivity index (χ3n) is 3.15. The van der Waals surface area contributed by atoms with E-state index in [1.54, 1.807) is 0 Å². The first-order valence-electron chi connectivity index (χ1n) is 6.19. The molecule has 1 heterocycles. The SMILES string of the molecule is COc1ccc(-n2c(C(=O)O)c(O)c(O)c2C(=O)O)cc1OC. The summed E-state index contributed by atoms with van der Waals surface area (Å²) >= 11 is 0. The highest BCUT2D eigenvalue weighted by Crippen LogP contribution is 2.39. The van der Waals surface area contributed by atoms with Gasteiger partial charge in [-0.1, -0.05) is 0 Å². The van der Waals surface area contributed by atoms with Crippen molar-refractivity contribution in [1.82, 2.24) is 4.57 Å². The molecule has 0 bridgehead atoms. The Morgan fingerprint density at radius 3 is 1.78 bits per heavy atom. The number of aromatic hydroxyl groups is 2. The Morgan fingerprint density at radius 2 is 1.39 bits per heavy atom. The Bertz CT molecular complexity index is 755. The summed E-state index contributed by atoms with van der Waals surface area (Å²) in [5.41, 5.74) is -1.52. The highest BCUT2D eigenvalue weighted by atomic mass is 16.5. The number of ether oxygens (including phenoxy) is 2. The lowest BCUT2D eigenvalue weighted by Crippen LogP contribution is -2.13. The van der Waals surface area contributed by atoms with Crippen molar-refractivity contribution in [2.75, 3.05) is 14.2 Å². The molecule has 2 rings (SSSR count). The van der Waals surface area contributed by atoms with Gasteiger partial charge < -0.3 is 29.9 Å². The van der Waals surface area contributed by atoms with Crippen LogP contribution in [0.5, 0.6) is 23.0 Å². The smallest absolute Gasteiger partial charge is 0.356 e. The molecule has 122 valence electrons. The van der Waals surface area contributed by atoms with Gasteiger partial charge >= 0.3 is 11.9 Å². The molecule has 1 aromatic carbocycles. The molecule has 0 amide bonds. The minimum absolute atomic E-state index is 0.0491. The molecule has 0 saturated heterocycles. The number of hydrogen-bond donors (Lipinski definition) is 4. The first kappa shape index (κ1) is 16.0. The van der Waals surface area contributed by atoms with Gasteiger partial charge in [0.1, 0.15) is 0 Å². The van der Waals surface area contributed by atoms with Gasteiger partial charge in [0.15, 0.2) is 34.4 Å². The molecule has 1 aromatic heterocycles. The number of benzene rings is 1. The maximum atomic E-state index is 11.3. The number of carboxylic acid groups (broad SMARTS) is 2. The Morgan fingerprint density at radius 1 is 0.913 bits per heavy atom. The summed E-state index contributed by atoms with van der Waals surface area (Å²) in [4.78, 5) is 22.7. The minimum atomic E-state index is -1.61. The summed E-state index contributed by atoms with van der Waals surface area (Å²) in [5, 5.41) is 37.9. The van der Waals surface area contributed by atoms with Gasteiger partial charge in [-0.05, 0) is 12.1 Å². The van der Waals surface area contributed by atoms with Crippen LogP contribution in [0.1, 0.15) is 21.0 Å². The molecule has 0 atom stereocenters. The van der Waals surface area contributed by atoms with E-state index in [2.05, 4.69) is 0 Å². The van der Waals surface area contributed by atoms with Gasteiger partial charge in [-0.25, -0.2) is 9.59 Å². The molecule has 0 spiro atoms. The maximum Gasteiger partial charge on any atom is 0.356 e. The second-order valence-electron chi connectivity index (χ2n) is 4.38. The molecule has 0 aliphatic heterocycles. The van der Waals surface area contributed by atoms with E-state index >= 15 is 0 Å². The molecule has 0 fully saturated rings. The molecule has 2 aromatic rings. The highest BCUT2D eigenvalue weighted by molar-refractivity contribution is 5.99. The normalized spacial score (nSPS) is 10.3. The van der Waals surface area contributed by atoms with Crippen LogP contribution in [0.3, 0.4) is 0 Å². The summed E-state index contributed by atoms with van der Waals surface area (Å²) in [5.74, 6) is -4.74. The standard InChI is InChI=1S/C14H13NO8/c1-22-7-4-3-6(5-8(7)23-2)15-9(13(18)19)11(16)12(17)10(15)14(20)21/h3-5,16-17H,1-2H3,(H,18,19)(H,20,21). The lowest BCUT2D eigenvalue weighted by atomic mass is 10.2. The van der Waals surface area contributed by atoms with E-state index in [4.69, 9.17) is 9.47 Å². The van der Waals surface area contributed by atoms with E-state index in [1.807, 2.05) is 0 Å². The molecular formula is C14H13NO8.